The predicted molar refractivity (Wildman–Crippen MR) is 78.4 cm³/mol. The van der Waals surface area contributed by atoms with Crippen LogP contribution in [0.15, 0.2) is 54.6 Å². The van der Waals surface area contributed by atoms with Crippen LogP contribution in [0.1, 0.15) is 6.04 Å². The quantitative estimate of drug-likeness (QED) is 0.606. The Labute approximate surface area is 116 Å². The molecular weight excluding hydrogens is 253 g/mol. The van der Waals surface area contributed by atoms with E-state index in [0.717, 1.165) is 21.8 Å². The number of benzene rings is 2. The van der Waals surface area contributed by atoms with Crippen LogP contribution >= 0.6 is 0 Å². The fourth-order valence-electron chi connectivity index (χ4n) is 3.02. The molecule has 1 aromatic heterocycles. The number of para-hydroxylation sites is 1. The maximum atomic E-state index is 13.6. The largest absolute Gasteiger partial charge is 0.375 e. The van der Waals surface area contributed by atoms with Gasteiger partial charge in [-0.25, -0.2) is 4.39 Å². The van der Waals surface area contributed by atoms with Gasteiger partial charge in [-0.3, -0.25) is 0 Å². The Kier molecular flexibility index (Phi) is 2.60. The molecule has 1 unspecified atom stereocenters. The summed E-state index contributed by atoms with van der Waals surface area (Å²) in [4.78, 5) is 0. The van der Waals surface area contributed by atoms with Gasteiger partial charge >= 0.3 is 0 Å². The second kappa shape index (κ2) is 4.46. The third-order valence-corrected chi connectivity index (χ3v) is 3.86. The lowest BCUT2D eigenvalue weighted by atomic mass is 10.1. The first-order chi connectivity index (χ1) is 9.84. The Hall–Kier alpha value is -2.13. The van der Waals surface area contributed by atoms with Crippen molar-refractivity contribution >= 4 is 21.8 Å². The first-order valence-electron chi connectivity index (χ1n) is 6.77. The maximum absolute atomic E-state index is 13.6. The number of hydrogen-bond donors (Lipinski definition) is 0. The van der Waals surface area contributed by atoms with Crippen molar-refractivity contribution in [2.75, 3.05) is 13.2 Å². The highest BCUT2D eigenvalue weighted by atomic mass is 19.1. The number of hydrogen-bond acceptors (Lipinski definition) is 1. The molecule has 0 fully saturated rings. The zero-order valence-electron chi connectivity index (χ0n) is 10.9. The number of fused-ring (bicyclic) bond motifs is 3. The van der Waals surface area contributed by atoms with E-state index in [-0.39, 0.29) is 11.9 Å². The van der Waals surface area contributed by atoms with E-state index in [9.17, 15) is 4.39 Å². The van der Waals surface area contributed by atoms with E-state index >= 15 is 0 Å². The summed E-state index contributed by atoms with van der Waals surface area (Å²) in [5.41, 5.74) is 2.17. The van der Waals surface area contributed by atoms with E-state index in [2.05, 4.69) is 16.7 Å². The molecule has 0 saturated heterocycles. The molecule has 0 amide bonds. The zero-order valence-corrected chi connectivity index (χ0v) is 10.9. The molecule has 100 valence electrons. The van der Waals surface area contributed by atoms with Crippen molar-refractivity contribution in [3.05, 3.63) is 60.4 Å². The van der Waals surface area contributed by atoms with Crippen LogP contribution in [0.2, 0.25) is 0 Å². The van der Waals surface area contributed by atoms with Crippen molar-refractivity contribution < 1.29 is 9.13 Å². The predicted octanol–water partition coefficient (Wildman–Crippen LogP) is 4.06. The number of nitrogens with zero attached hydrogens (tertiary/aromatic N) is 1. The van der Waals surface area contributed by atoms with E-state index in [1.54, 1.807) is 6.07 Å². The fraction of sp³-hybridized carbons (Fsp3) is 0.176. The van der Waals surface area contributed by atoms with Crippen LogP contribution in [-0.2, 0) is 4.74 Å². The van der Waals surface area contributed by atoms with Gasteiger partial charge in [0, 0.05) is 21.8 Å². The fourth-order valence-corrected chi connectivity index (χ4v) is 3.02. The highest BCUT2D eigenvalue weighted by Gasteiger charge is 2.18. The molecule has 2 heterocycles. The summed E-state index contributed by atoms with van der Waals surface area (Å²) in [6.07, 6.45) is 4.21. The normalized spacial score (nSPS) is 18.9. The van der Waals surface area contributed by atoms with E-state index < -0.39 is 0 Å². The van der Waals surface area contributed by atoms with Gasteiger partial charge in [0.05, 0.1) is 19.3 Å². The molecule has 0 radical (unpaired) electrons. The average Bonchev–Trinajstić information content (AvgIpc) is 2.82. The number of halogens is 1. The van der Waals surface area contributed by atoms with Crippen LogP contribution < -0.4 is 0 Å². The van der Waals surface area contributed by atoms with E-state index in [1.165, 1.54) is 6.07 Å². The van der Waals surface area contributed by atoms with Crippen LogP contribution in [0.25, 0.3) is 21.8 Å². The molecule has 0 saturated carbocycles. The van der Waals surface area contributed by atoms with Crippen molar-refractivity contribution in [2.24, 2.45) is 0 Å². The Morgan fingerprint density at radius 3 is 2.75 bits per heavy atom. The monoisotopic (exact) mass is 267 g/mol. The lowest BCUT2D eigenvalue weighted by Crippen LogP contribution is -2.16. The molecule has 0 bridgehead atoms. The summed E-state index contributed by atoms with van der Waals surface area (Å²) in [7, 11) is 0. The van der Waals surface area contributed by atoms with Gasteiger partial charge < -0.3 is 9.30 Å². The summed E-state index contributed by atoms with van der Waals surface area (Å²) >= 11 is 0. The minimum absolute atomic E-state index is 0.164. The van der Waals surface area contributed by atoms with Crippen LogP contribution in [0.5, 0.6) is 0 Å². The number of ether oxygens (including phenoxy) is 1. The van der Waals surface area contributed by atoms with Gasteiger partial charge in [0.2, 0.25) is 0 Å². The van der Waals surface area contributed by atoms with Crippen LogP contribution in [0, 0.1) is 5.82 Å². The van der Waals surface area contributed by atoms with Gasteiger partial charge in [-0.05, 0) is 24.3 Å². The van der Waals surface area contributed by atoms with Gasteiger partial charge in [0.25, 0.3) is 0 Å². The second-order valence-electron chi connectivity index (χ2n) is 5.08. The molecule has 2 aromatic carbocycles. The van der Waals surface area contributed by atoms with Gasteiger partial charge in [-0.2, -0.15) is 0 Å². The van der Waals surface area contributed by atoms with Crippen LogP contribution in [0.3, 0.4) is 0 Å². The lowest BCUT2D eigenvalue weighted by molar-refractivity contribution is 0.131. The Bertz CT molecular complexity index is 818. The molecule has 0 spiro atoms. The summed E-state index contributed by atoms with van der Waals surface area (Å²) in [6, 6.07) is 13.3. The van der Waals surface area contributed by atoms with E-state index in [0.29, 0.717) is 13.2 Å². The molecule has 3 aromatic rings. The topological polar surface area (TPSA) is 14.2 Å². The maximum Gasteiger partial charge on any atom is 0.123 e. The van der Waals surface area contributed by atoms with Crippen LogP contribution in [-0.4, -0.2) is 17.8 Å². The molecule has 20 heavy (non-hydrogen) atoms. The number of aromatic nitrogens is 1. The van der Waals surface area contributed by atoms with E-state index in [1.807, 2.05) is 30.3 Å². The minimum atomic E-state index is -0.198. The summed E-state index contributed by atoms with van der Waals surface area (Å²) in [5, 5.41) is 2.04. The molecular formula is C17H14FNO. The van der Waals surface area contributed by atoms with Crippen molar-refractivity contribution in [3.63, 3.8) is 0 Å². The zero-order chi connectivity index (χ0) is 13.5. The smallest absolute Gasteiger partial charge is 0.123 e. The molecule has 3 heteroatoms. The van der Waals surface area contributed by atoms with Gasteiger partial charge in [-0.1, -0.05) is 30.4 Å². The van der Waals surface area contributed by atoms with E-state index in [4.69, 9.17) is 4.74 Å². The van der Waals surface area contributed by atoms with Crippen LogP contribution in [0.4, 0.5) is 4.39 Å². The first kappa shape index (κ1) is 11.7. The minimum Gasteiger partial charge on any atom is -0.375 e. The highest BCUT2D eigenvalue weighted by Crippen LogP contribution is 2.33. The Balaban J connectivity index is 2.10. The lowest BCUT2D eigenvalue weighted by Gasteiger charge is -2.21. The van der Waals surface area contributed by atoms with Crippen molar-refractivity contribution in [1.29, 1.82) is 0 Å². The third kappa shape index (κ3) is 1.67. The molecule has 0 aliphatic carbocycles. The summed E-state index contributed by atoms with van der Waals surface area (Å²) < 4.78 is 21.3. The summed E-state index contributed by atoms with van der Waals surface area (Å²) in [6.45, 7) is 1.32. The molecule has 1 aliphatic rings. The molecule has 4 rings (SSSR count). The van der Waals surface area contributed by atoms with Crippen molar-refractivity contribution in [3.8, 4) is 0 Å². The third-order valence-electron chi connectivity index (χ3n) is 3.86. The molecule has 0 N–H and O–H groups in total. The second-order valence-corrected chi connectivity index (χ2v) is 5.08. The first-order valence-corrected chi connectivity index (χ1v) is 6.77. The Morgan fingerprint density at radius 1 is 1.05 bits per heavy atom. The van der Waals surface area contributed by atoms with Gasteiger partial charge in [0.1, 0.15) is 5.82 Å². The van der Waals surface area contributed by atoms with Crippen molar-refractivity contribution in [2.45, 2.75) is 6.04 Å². The standard InChI is InChI=1S/C17H14FNO/c18-12-7-8-17-15(10-12)14-5-1-2-6-16(14)19(17)13-4-3-9-20-11-13/h1-8,10,13H,9,11H2. The van der Waals surface area contributed by atoms with Crippen molar-refractivity contribution in [1.82, 2.24) is 4.57 Å². The molecule has 1 atom stereocenters. The molecule has 1 aliphatic heterocycles. The summed E-state index contributed by atoms with van der Waals surface area (Å²) in [5.74, 6) is -0.198. The Morgan fingerprint density at radius 2 is 1.90 bits per heavy atom. The van der Waals surface area contributed by atoms with Gasteiger partial charge in [0.15, 0.2) is 0 Å². The van der Waals surface area contributed by atoms with Gasteiger partial charge in [-0.15, -0.1) is 0 Å². The highest BCUT2D eigenvalue weighted by molar-refractivity contribution is 6.08. The SMILES string of the molecule is Fc1ccc2c(c1)c1ccccc1n2C1C=CCOC1. The number of rotatable bonds is 1. The average molecular weight is 267 g/mol. The molecule has 2 nitrogen and oxygen atoms in total.